The Balaban J connectivity index is 1.59. The third kappa shape index (κ3) is 4.85. The fourth-order valence-electron chi connectivity index (χ4n) is 4.45. The van der Waals surface area contributed by atoms with Crippen molar-refractivity contribution in [1.82, 2.24) is 4.90 Å². The van der Waals surface area contributed by atoms with Gasteiger partial charge in [-0.15, -0.1) is 0 Å². The molecule has 0 unspecified atom stereocenters. The molecule has 174 valence electrons. The van der Waals surface area contributed by atoms with Gasteiger partial charge in [0.1, 0.15) is 32.0 Å². The van der Waals surface area contributed by atoms with E-state index in [4.69, 9.17) is 9.47 Å². The van der Waals surface area contributed by atoms with Crippen LogP contribution in [0.5, 0.6) is 5.75 Å². The second-order valence-electron chi connectivity index (χ2n) is 8.53. The molecule has 1 N–H and O–H groups in total. The van der Waals surface area contributed by atoms with Crippen LogP contribution in [0.4, 0.5) is 0 Å². The standard InChI is InChI=1S/C26H32N3O4/c1-4-32-26(30)24-23(19-8-6-5-7-9-19)21-11-10-20(18-22(21)25(24)27-2)33-17-16-29(31)14-12-28(3)13-15-29/h5-11,18,31H,4,12-17H2,1-3H3/q+1. The van der Waals surface area contributed by atoms with E-state index >= 15 is 0 Å². The number of aliphatic imine (C=N–C) groups is 1. The molecular formula is C26H32N3O4+. The first-order chi connectivity index (χ1) is 16.0. The lowest BCUT2D eigenvalue weighted by Gasteiger charge is -2.36. The maximum Gasteiger partial charge on any atom is 0.340 e. The number of hydroxylamine groups is 3. The SMILES string of the molecule is CCOC(=O)C1=C(c2ccccc2)c2ccc(OCC[N+]3(O)CCN(C)CC3)cc2C1=NC. The third-order valence-electron chi connectivity index (χ3n) is 6.34. The van der Waals surface area contributed by atoms with Crippen LogP contribution in [0.2, 0.25) is 0 Å². The van der Waals surface area contributed by atoms with Gasteiger partial charge >= 0.3 is 5.97 Å². The van der Waals surface area contributed by atoms with Crippen LogP contribution >= 0.6 is 0 Å². The van der Waals surface area contributed by atoms with Gasteiger partial charge in [0.15, 0.2) is 0 Å². The largest absolute Gasteiger partial charge is 0.488 e. The van der Waals surface area contributed by atoms with Gasteiger partial charge in [-0.05, 0) is 43.3 Å². The van der Waals surface area contributed by atoms with E-state index in [9.17, 15) is 10.0 Å². The van der Waals surface area contributed by atoms with Crippen LogP contribution in [0.3, 0.4) is 0 Å². The highest BCUT2D eigenvalue weighted by Crippen LogP contribution is 2.40. The Morgan fingerprint density at radius 2 is 1.85 bits per heavy atom. The average molecular weight is 451 g/mol. The zero-order chi connectivity index (χ0) is 23.4. The predicted octanol–water partition coefficient (Wildman–Crippen LogP) is 3.01. The predicted molar refractivity (Wildman–Crippen MR) is 128 cm³/mol. The van der Waals surface area contributed by atoms with Crippen LogP contribution in [0.1, 0.15) is 23.6 Å². The second-order valence-corrected chi connectivity index (χ2v) is 8.53. The van der Waals surface area contributed by atoms with Crippen molar-refractivity contribution in [1.29, 1.82) is 0 Å². The molecule has 1 aliphatic heterocycles. The molecule has 0 atom stereocenters. The van der Waals surface area contributed by atoms with Crippen molar-refractivity contribution in [3.8, 4) is 5.75 Å². The summed E-state index contributed by atoms with van der Waals surface area (Å²) in [6, 6.07) is 15.7. The Kier molecular flexibility index (Phi) is 6.93. The summed E-state index contributed by atoms with van der Waals surface area (Å²) in [4.78, 5) is 19.6. The van der Waals surface area contributed by atoms with Crippen LogP contribution in [0, 0.1) is 0 Å². The minimum atomic E-state index is -0.377. The molecule has 0 aromatic heterocycles. The fraction of sp³-hybridized carbons (Fsp3) is 0.385. The highest BCUT2D eigenvalue weighted by atomic mass is 16.6. The molecule has 1 heterocycles. The number of hydrogen-bond donors (Lipinski definition) is 1. The lowest BCUT2D eigenvalue weighted by Crippen LogP contribution is -2.58. The molecule has 1 aliphatic carbocycles. The molecule has 0 spiro atoms. The van der Waals surface area contributed by atoms with Crippen molar-refractivity contribution < 1.29 is 24.1 Å². The first kappa shape index (κ1) is 23.2. The minimum Gasteiger partial charge on any atom is -0.488 e. The summed E-state index contributed by atoms with van der Waals surface area (Å²) in [6.07, 6.45) is 0. The van der Waals surface area contributed by atoms with Gasteiger partial charge in [-0.1, -0.05) is 30.3 Å². The molecule has 2 aromatic carbocycles. The summed E-state index contributed by atoms with van der Waals surface area (Å²) < 4.78 is 11.4. The van der Waals surface area contributed by atoms with E-state index in [2.05, 4.69) is 16.9 Å². The summed E-state index contributed by atoms with van der Waals surface area (Å²) in [7, 11) is 3.76. The molecule has 7 heteroatoms. The first-order valence-electron chi connectivity index (χ1n) is 11.4. The fourth-order valence-corrected chi connectivity index (χ4v) is 4.45. The highest BCUT2D eigenvalue weighted by molar-refractivity contribution is 6.37. The number of esters is 1. The highest BCUT2D eigenvalue weighted by Gasteiger charge is 2.34. The summed E-state index contributed by atoms with van der Waals surface area (Å²) in [5.41, 5.74) is 4.64. The topological polar surface area (TPSA) is 71.4 Å². The van der Waals surface area contributed by atoms with Crippen molar-refractivity contribution in [2.75, 3.05) is 60.0 Å². The molecule has 0 amide bonds. The van der Waals surface area contributed by atoms with Gasteiger partial charge in [0.2, 0.25) is 0 Å². The van der Waals surface area contributed by atoms with Gasteiger partial charge in [0.05, 0.1) is 31.0 Å². The van der Waals surface area contributed by atoms with Crippen molar-refractivity contribution in [2.24, 2.45) is 4.99 Å². The Morgan fingerprint density at radius 3 is 2.52 bits per heavy atom. The van der Waals surface area contributed by atoms with E-state index in [1.165, 1.54) is 0 Å². The number of rotatable bonds is 7. The maximum absolute atomic E-state index is 12.9. The first-order valence-corrected chi connectivity index (χ1v) is 11.4. The number of fused-ring (bicyclic) bond motifs is 1. The smallest absolute Gasteiger partial charge is 0.340 e. The number of likely N-dealkylation sites (N-methyl/N-ethyl adjacent to an activating group) is 1. The molecule has 0 bridgehead atoms. The lowest BCUT2D eigenvalue weighted by molar-refractivity contribution is -1.10. The molecule has 1 saturated heterocycles. The van der Waals surface area contributed by atoms with Crippen molar-refractivity contribution in [3.63, 3.8) is 0 Å². The molecule has 33 heavy (non-hydrogen) atoms. The van der Waals surface area contributed by atoms with E-state index in [0.717, 1.165) is 35.4 Å². The van der Waals surface area contributed by atoms with E-state index in [0.29, 0.717) is 49.9 Å². The molecule has 2 aromatic rings. The number of ether oxygens (including phenoxy) is 2. The summed E-state index contributed by atoms with van der Waals surface area (Å²) >= 11 is 0. The lowest BCUT2D eigenvalue weighted by atomic mass is 9.97. The van der Waals surface area contributed by atoms with E-state index in [1.54, 1.807) is 14.0 Å². The van der Waals surface area contributed by atoms with Crippen LogP contribution in [0.25, 0.3) is 5.57 Å². The molecular weight excluding hydrogens is 418 g/mol. The number of piperazine rings is 1. The second kappa shape index (κ2) is 9.87. The Hall–Kier alpha value is -3.00. The molecule has 4 rings (SSSR count). The normalized spacial score (nSPS) is 19.0. The molecule has 7 nitrogen and oxygen atoms in total. The third-order valence-corrected chi connectivity index (χ3v) is 6.34. The number of quaternary nitrogens is 1. The van der Waals surface area contributed by atoms with Crippen LogP contribution in [-0.2, 0) is 9.53 Å². The van der Waals surface area contributed by atoms with Crippen LogP contribution < -0.4 is 4.74 Å². The zero-order valence-electron chi connectivity index (χ0n) is 19.6. The molecule has 2 aliphatic rings. The summed E-state index contributed by atoms with van der Waals surface area (Å²) in [5, 5.41) is 10.8. The van der Waals surface area contributed by atoms with Crippen molar-refractivity contribution in [3.05, 3.63) is 70.8 Å². The maximum atomic E-state index is 12.9. The zero-order valence-corrected chi connectivity index (χ0v) is 19.6. The van der Waals surface area contributed by atoms with E-state index < -0.39 is 0 Å². The van der Waals surface area contributed by atoms with Gasteiger partial charge in [0.25, 0.3) is 0 Å². The number of nitrogens with zero attached hydrogens (tertiary/aromatic N) is 3. The van der Waals surface area contributed by atoms with Crippen molar-refractivity contribution in [2.45, 2.75) is 6.92 Å². The Labute approximate surface area is 195 Å². The Morgan fingerprint density at radius 1 is 1.12 bits per heavy atom. The van der Waals surface area contributed by atoms with Gasteiger partial charge in [0, 0.05) is 18.2 Å². The summed E-state index contributed by atoms with van der Waals surface area (Å²) in [5.74, 6) is 0.311. The molecule has 0 radical (unpaired) electrons. The Bertz CT molecular complexity index is 1070. The quantitative estimate of drug-likeness (QED) is 0.519. The summed E-state index contributed by atoms with van der Waals surface area (Å²) in [6.45, 7) is 6.17. The van der Waals surface area contributed by atoms with Gasteiger partial charge in [-0.25, -0.2) is 10.0 Å². The van der Waals surface area contributed by atoms with Gasteiger partial charge in [-0.3, -0.25) is 9.89 Å². The van der Waals surface area contributed by atoms with Crippen LogP contribution in [0.15, 0.2) is 59.1 Å². The number of hydrogen-bond acceptors (Lipinski definition) is 6. The van der Waals surface area contributed by atoms with Gasteiger partial charge < -0.3 is 9.47 Å². The monoisotopic (exact) mass is 450 g/mol. The van der Waals surface area contributed by atoms with E-state index in [-0.39, 0.29) is 10.6 Å². The van der Waals surface area contributed by atoms with E-state index in [1.807, 2.05) is 48.5 Å². The van der Waals surface area contributed by atoms with Crippen molar-refractivity contribution >= 4 is 17.3 Å². The van der Waals surface area contributed by atoms with Gasteiger partial charge in [-0.2, -0.15) is 4.65 Å². The minimum absolute atomic E-state index is 0.0314. The number of carbonyl (C=O) groups excluding carboxylic acids is 1. The van der Waals surface area contributed by atoms with Crippen LogP contribution in [-0.4, -0.2) is 86.5 Å². The average Bonchev–Trinajstić information content (AvgIpc) is 3.15. The molecule has 1 fully saturated rings. The number of carbonyl (C=O) groups is 1. The molecule has 0 saturated carbocycles. The number of benzene rings is 2.